The fourth-order valence-electron chi connectivity index (χ4n) is 10.9. The van der Waals surface area contributed by atoms with E-state index in [-0.39, 0.29) is 68.4 Å². The summed E-state index contributed by atoms with van der Waals surface area (Å²) in [5.74, 6) is -14.1. The van der Waals surface area contributed by atoms with E-state index in [1.807, 2.05) is 6.07 Å². The van der Waals surface area contributed by atoms with Crippen molar-refractivity contribution >= 4 is 124 Å². The Balaban J connectivity index is 1.34. The monoisotopic (exact) mass is 1360 g/mol. The molecule has 0 bridgehead atoms. The number of aromatic amines is 2. The van der Waals surface area contributed by atoms with Crippen molar-refractivity contribution in [2.24, 2.45) is 23.5 Å². The van der Waals surface area contributed by atoms with E-state index in [2.05, 4.69) is 83.1 Å². The molecule has 3 heterocycles. The molecular weight excluding hydrogens is 1270 g/mol. The minimum Gasteiger partial charge on any atom is -0.481 e. The quantitative estimate of drug-likeness (QED) is 0.0280. The molecule has 10 amide bonds. The molecule has 11 atom stereocenters. The van der Waals surface area contributed by atoms with Gasteiger partial charge in [0, 0.05) is 71.5 Å². The number of carbonyl (C=O) groups is 13. The number of thiol groups is 2. The molecule has 0 saturated carbocycles. The van der Waals surface area contributed by atoms with Gasteiger partial charge in [0.25, 0.3) is 0 Å². The molecule has 0 unspecified atom stereocenters. The highest BCUT2D eigenvalue weighted by Crippen LogP contribution is 2.25. The molecule has 1 saturated heterocycles. The van der Waals surface area contributed by atoms with Gasteiger partial charge in [0.2, 0.25) is 59.1 Å². The number of carboxylic acids is 3. The van der Waals surface area contributed by atoms with Crippen molar-refractivity contribution in [3.63, 3.8) is 0 Å². The molecule has 1 fully saturated rings. The van der Waals surface area contributed by atoms with Gasteiger partial charge in [-0.15, -0.1) is 0 Å². The second kappa shape index (κ2) is 35.7. The lowest BCUT2D eigenvalue weighted by Gasteiger charge is -2.32. The van der Waals surface area contributed by atoms with E-state index >= 15 is 4.79 Å². The van der Waals surface area contributed by atoms with Crippen LogP contribution in [-0.2, 0) is 75.2 Å². The van der Waals surface area contributed by atoms with E-state index in [0.29, 0.717) is 28.5 Å². The molecule has 5 rings (SSSR count). The fraction of sp³-hybridized carbons (Fsp3) is 0.547. The van der Waals surface area contributed by atoms with Crippen LogP contribution in [0.25, 0.3) is 21.8 Å². The van der Waals surface area contributed by atoms with Crippen molar-refractivity contribution in [3.8, 4) is 0 Å². The average molecular weight is 1360 g/mol. The minimum absolute atomic E-state index is 0.00635. The van der Waals surface area contributed by atoms with Gasteiger partial charge in [0.15, 0.2) is 0 Å². The predicted octanol–water partition coefficient (Wildman–Crippen LogP) is 0.948. The zero-order valence-corrected chi connectivity index (χ0v) is 56.3. The average Bonchev–Trinajstić information content (AvgIpc) is 1.74. The van der Waals surface area contributed by atoms with Crippen molar-refractivity contribution in [2.45, 2.75) is 186 Å². The second-order valence-electron chi connectivity index (χ2n) is 25.3. The maximum Gasteiger partial charge on any atom is 0.327 e. The van der Waals surface area contributed by atoms with Gasteiger partial charge in [-0.05, 0) is 87.0 Å². The highest BCUT2D eigenvalue weighted by atomic mass is 32.1. The second-order valence-corrected chi connectivity index (χ2v) is 26.0. The van der Waals surface area contributed by atoms with Crippen LogP contribution in [0, 0.1) is 17.8 Å². The lowest BCUT2D eigenvalue weighted by atomic mass is 9.96. The topological polar surface area (TPSA) is 452 Å². The van der Waals surface area contributed by atoms with Crippen LogP contribution in [-0.4, -0.2) is 191 Å². The van der Waals surface area contributed by atoms with Gasteiger partial charge < -0.3 is 83.8 Å². The molecular formula is C64H91N13O16S2. The van der Waals surface area contributed by atoms with E-state index in [9.17, 15) is 72.9 Å². The number of hydrogen-bond acceptors (Lipinski definition) is 16. The Bertz CT molecular complexity index is 3430. The Labute approximate surface area is 561 Å². The zero-order valence-electron chi connectivity index (χ0n) is 54.5. The van der Waals surface area contributed by atoms with E-state index in [1.54, 1.807) is 96.4 Å². The van der Waals surface area contributed by atoms with E-state index in [0.717, 1.165) is 10.9 Å². The number of aromatic nitrogens is 2. The van der Waals surface area contributed by atoms with Crippen LogP contribution in [0.15, 0.2) is 60.9 Å². The van der Waals surface area contributed by atoms with Gasteiger partial charge >= 0.3 is 17.9 Å². The summed E-state index contributed by atoms with van der Waals surface area (Å²) in [6.07, 6.45) is 1.93. The summed E-state index contributed by atoms with van der Waals surface area (Å²) < 4.78 is 0. The number of para-hydroxylation sites is 2. The number of H-pyrrole nitrogens is 2. The number of benzene rings is 2. The van der Waals surface area contributed by atoms with Crippen LogP contribution in [0.1, 0.15) is 118 Å². The summed E-state index contributed by atoms with van der Waals surface area (Å²) in [5.41, 5.74) is 6.80. The van der Waals surface area contributed by atoms with Gasteiger partial charge in [-0.3, -0.25) is 57.5 Å². The summed E-state index contributed by atoms with van der Waals surface area (Å²) in [4.78, 5) is 185. The van der Waals surface area contributed by atoms with E-state index < -0.39 is 168 Å². The number of nitrogens with zero attached hydrogens (tertiary/aromatic N) is 1. The lowest BCUT2D eigenvalue weighted by molar-refractivity contribution is -0.143. The number of likely N-dealkylation sites (tertiary alicyclic amines) is 1. The zero-order chi connectivity index (χ0) is 70.6. The van der Waals surface area contributed by atoms with Crippen LogP contribution < -0.4 is 53.6 Å². The molecule has 29 nitrogen and oxygen atoms in total. The third-order valence-electron chi connectivity index (χ3n) is 16.4. The first-order chi connectivity index (χ1) is 44.8. The molecule has 520 valence electrons. The first kappa shape index (κ1) is 77.0. The maximum absolute atomic E-state index is 15.1. The standard InChI is InChI=1S/C64H91N13O16S2/c1-9-34(6)52(60(89)73-48(31-95)62(91)92)75-57(86)44(24-33(4)5)74-63(93)64(7,8)76-58(87)47(30-94)72-55(84)43(23-32(2)3)70-54(83)42(20-21-50(78)79)68-59(88)49-19-14-22-77(49)61(90)46(26-36-29-67-41-18-13-11-16-38(36)41)71-56(85)45(69-53(82)39(65)27-51(80)81)25-35-28-66-40-17-12-10-15-37(35)40/h10-13,15-18,28-29,32-34,39,42-49,52,66-67,94-95H,9,14,19-27,30-31,65H2,1-8H3,(H,68,88)(H,69,82)(H,70,83)(H,71,85)(H,72,84)(H,73,89)(H,74,93)(H,75,86)(H,76,87)(H,78,79)(H,80,81)(H,91,92)/t34-,39-,42-,43-,44-,45-,46-,47-,48-,49-,52-/m0/s1. The van der Waals surface area contributed by atoms with E-state index in [1.165, 1.54) is 18.7 Å². The largest absolute Gasteiger partial charge is 0.481 e. The molecule has 95 heavy (non-hydrogen) atoms. The van der Waals surface area contributed by atoms with Crippen LogP contribution >= 0.6 is 25.3 Å². The summed E-state index contributed by atoms with van der Waals surface area (Å²) in [7, 11) is 0. The predicted molar refractivity (Wildman–Crippen MR) is 357 cm³/mol. The Morgan fingerprint density at radius 3 is 1.60 bits per heavy atom. The number of rotatable bonds is 37. The molecule has 0 radical (unpaired) electrons. The summed E-state index contributed by atoms with van der Waals surface area (Å²) in [6, 6.07) is 0.425. The molecule has 0 spiro atoms. The number of carbonyl (C=O) groups excluding carboxylic acids is 10. The number of nitrogens with two attached hydrogens (primary N) is 1. The number of carboxylic acid groups (broad SMARTS) is 3. The smallest absolute Gasteiger partial charge is 0.327 e. The summed E-state index contributed by atoms with van der Waals surface area (Å²) in [5, 5.41) is 53.6. The van der Waals surface area contributed by atoms with Gasteiger partial charge in [0.1, 0.15) is 59.9 Å². The van der Waals surface area contributed by atoms with Crippen LogP contribution in [0.2, 0.25) is 0 Å². The number of hydrogen-bond donors (Lipinski definition) is 17. The van der Waals surface area contributed by atoms with Crippen molar-refractivity contribution in [1.82, 2.24) is 62.7 Å². The van der Waals surface area contributed by atoms with Gasteiger partial charge in [0.05, 0.1) is 12.5 Å². The van der Waals surface area contributed by atoms with Crippen molar-refractivity contribution in [3.05, 3.63) is 72.1 Å². The number of amides is 10. The van der Waals surface area contributed by atoms with Crippen LogP contribution in [0.4, 0.5) is 0 Å². The Hall–Kier alpha value is -8.71. The molecule has 31 heteroatoms. The summed E-state index contributed by atoms with van der Waals surface area (Å²) in [6.45, 7) is 13.2. The molecule has 16 N–H and O–H groups in total. The number of nitrogens with one attached hydrogen (secondary N) is 11. The first-order valence-corrected chi connectivity index (χ1v) is 32.8. The number of aliphatic carboxylic acids is 3. The van der Waals surface area contributed by atoms with Crippen molar-refractivity contribution < 1.29 is 77.6 Å². The molecule has 4 aromatic rings. The number of fused-ring (bicyclic) bond motifs is 2. The van der Waals surface area contributed by atoms with Gasteiger partial charge in [-0.1, -0.05) is 84.4 Å². The third-order valence-corrected chi connectivity index (χ3v) is 17.1. The van der Waals surface area contributed by atoms with Crippen molar-refractivity contribution in [2.75, 3.05) is 18.1 Å². The lowest BCUT2D eigenvalue weighted by Crippen LogP contribution is -2.64. The Kier molecular flexibility index (Phi) is 28.9. The van der Waals surface area contributed by atoms with Crippen molar-refractivity contribution in [1.29, 1.82) is 0 Å². The Morgan fingerprint density at radius 2 is 1.07 bits per heavy atom. The SMILES string of the molecule is CC[C@H](C)[C@H](NC(=O)[C@H](CC(C)C)NC(=O)C(C)(C)NC(=O)[C@H](CS)NC(=O)[C@H](CC(C)C)NC(=O)[C@H](CCC(=O)O)NC(=O)[C@@H]1CCCN1C(=O)[C@H](Cc1c[nH]c2ccccc12)NC(=O)[C@H](Cc1c[nH]c2ccccc12)NC(=O)[C@@H](N)CC(=O)O)C(=O)N[C@@H](CS)C(=O)O. The summed E-state index contributed by atoms with van der Waals surface area (Å²) >= 11 is 8.31. The molecule has 2 aromatic carbocycles. The molecule has 1 aliphatic rings. The third kappa shape index (κ3) is 22.2. The molecule has 0 aliphatic carbocycles. The fourth-order valence-corrected chi connectivity index (χ4v) is 11.4. The Morgan fingerprint density at radius 1 is 0.589 bits per heavy atom. The van der Waals surface area contributed by atoms with Gasteiger partial charge in [-0.25, -0.2) is 4.79 Å². The van der Waals surface area contributed by atoms with Crippen LogP contribution in [0.5, 0.6) is 0 Å². The van der Waals surface area contributed by atoms with E-state index in [4.69, 9.17) is 5.73 Å². The minimum atomic E-state index is -1.78. The first-order valence-electron chi connectivity index (χ1n) is 31.6. The normalized spacial score (nSPS) is 16.3. The highest BCUT2D eigenvalue weighted by Gasteiger charge is 2.42. The maximum atomic E-state index is 15.1. The molecule has 1 aliphatic heterocycles. The van der Waals surface area contributed by atoms with Gasteiger partial charge in [-0.2, -0.15) is 25.3 Å². The molecule has 2 aromatic heterocycles. The highest BCUT2D eigenvalue weighted by molar-refractivity contribution is 7.80. The van der Waals surface area contributed by atoms with Crippen LogP contribution in [0.3, 0.4) is 0 Å².